The van der Waals surface area contributed by atoms with Crippen LogP contribution in [0.25, 0.3) is 0 Å². The molecule has 0 aliphatic carbocycles. The third-order valence-electron chi connectivity index (χ3n) is 3.52. The lowest BCUT2D eigenvalue weighted by atomic mass is 10.1. The van der Waals surface area contributed by atoms with Gasteiger partial charge in [0.2, 0.25) is 0 Å². The Kier molecular flexibility index (Phi) is 6.45. The monoisotopic (exact) mass is 343 g/mol. The average molecular weight is 343 g/mol. The molecular weight excluding hydrogens is 322 g/mol. The van der Waals surface area contributed by atoms with Crippen molar-refractivity contribution in [3.05, 3.63) is 64.1 Å². The summed E-state index contributed by atoms with van der Waals surface area (Å²) in [7, 11) is 0. The maximum absolute atomic E-state index is 12.0. The first-order valence-electron chi connectivity index (χ1n) is 8.11. The van der Waals surface area contributed by atoms with Crippen molar-refractivity contribution in [3.63, 3.8) is 0 Å². The van der Waals surface area contributed by atoms with Gasteiger partial charge in [0.25, 0.3) is 11.5 Å². The van der Waals surface area contributed by atoms with E-state index in [1.165, 1.54) is 16.8 Å². The number of nitrogens with one attached hydrogen (secondary N) is 1. The normalized spacial score (nSPS) is 11.6. The fourth-order valence-corrected chi connectivity index (χ4v) is 2.24. The second-order valence-corrected chi connectivity index (χ2v) is 5.56. The number of carbonyl (C=O) groups excluding carboxylic acids is 2. The van der Waals surface area contributed by atoms with Gasteiger partial charge in [-0.05, 0) is 25.0 Å². The van der Waals surface area contributed by atoms with Crippen molar-refractivity contribution >= 4 is 11.9 Å². The molecule has 0 spiro atoms. The van der Waals surface area contributed by atoms with Gasteiger partial charge in [-0.3, -0.25) is 9.59 Å². The van der Waals surface area contributed by atoms with E-state index in [2.05, 4.69) is 10.4 Å². The van der Waals surface area contributed by atoms with E-state index in [-0.39, 0.29) is 17.3 Å². The quantitative estimate of drug-likeness (QED) is 0.773. The van der Waals surface area contributed by atoms with Crippen molar-refractivity contribution in [3.8, 4) is 0 Å². The molecule has 7 heteroatoms. The zero-order chi connectivity index (χ0) is 18.2. The highest BCUT2D eigenvalue weighted by Gasteiger charge is 2.15. The summed E-state index contributed by atoms with van der Waals surface area (Å²) in [6.07, 6.45) is 0.713. The third kappa shape index (κ3) is 5.27. The molecule has 0 saturated heterocycles. The minimum atomic E-state index is -0.743. The number of rotatable bonds is 7. The molecule has 25 heavy (non-hydrogen) atoms. The lowest BCUT2D eigenvalue weighted by Gasteiger charge is -2.14. The smallest absolute Gasteiger partial charge is 0.359 e. The molecule has 1 aromatic carbocycles. The van der Waals surface area contributed by atoms with Crippen LogP contribution in [-0.4, -0.2) is 28.3 Å². The minimum Gasteiger partial charge on any atom is -0.451 e. The fourth-order valence-electron chi connectivity index (χ4n) is 2.24. The standard InChI is InChI=1S/C18H21N3O4/c1-3-11-21-17(23)10-9-15(20-21)18(24)25-12-16(22)19-13(2)14-7-5-4-6-8-14/h4-10,13H,3,11-12H2,1-2H3,(H,19,22). The number of hydrogen-bond donors (Lipinski definition) is 1. The minimum absolute atomic E-state index is 0.00282. The van der Waals surface area contributed by atoms with E-state index >= 15 is 0 Å². The molecule has 1 unspecified atom stereocenters. The van der Waals surface area contributed by atoms with Crippen LogP contribution in [0.1, 0.15) is 42.4 Å². The van der Waals surface area contributed by atoms with Crippen LogP contribution >= 0.6 is 0 Å². The first-order chi connectivity index (χ1) is 12.0. The Morgan fingerprint density at radius 2 is 1.92 bits per heavy atom. The summed E-state index contributed by atoms with van der Waals surface area (Å²) in [5, 5.41) is 6.70. The first-order valence-corrected chi connectivity index (χ1v) is 8.11. The van der Waals surface area contributed by atoms with Crippen molar-refractivity contribution in [2.75, 3.05) is 6.61 Å². The van der Waals surface area contributed by atoms with E-state index in [1.54, 1.807) is 0 Å². The summed E-state index contributed by atoms with van der Waals surface area (Å²) >= 11 is 0. The van der Waals surface area contributed by atoms with E-state index in [9.17, 15) is 14.4 Å². The molecule has 0 bridgehead atoms. The molecule has 0 fully saturated rings. The molecule has 1 atom stereocenters. The summed E-state index contributed by atoms with van der Waals surface area (Å²) in [6.45, 7) is 3.74. The number of ether oxygens (including phenoxy) is 1. The van der Waals surface area contributed by atoms with Crippen LogP contribution in [0.3, 0.4) is 0 Å². The SMILES string of the molecule is CCCn1nc(C(=O)OCC(=O)NC(C)c2ccccc2)ccc1=O. The Bertz CT molecular complexity index is 786. The van der Waals surface area contributed by atoms with Crippen LogP contribution in [0.5, 0.6) is 0 Å². The number of esters is 1. The number of nitrogens with zero attached hydrogens (tertiary/aromatic N) is 2. The lowest BCUT2D eigenvalue weighted by molar-refractivity contribution is -0.124. The molecule has 0 saturated carbocycles. The number of hydrogen-bond acceptors (Lipinski definition) is 5. The molecular formula is C18H21N3O4. The van der Waals surface area contributed by atoms with E-state index < -0.39 is 18.5 Å². The summed E-state index contributed by atoms with van der Waals surface area (Å²) in [6, 6.07) is 11.8. The Hall–Kier alpha value is -2.96. The molecule has 0 aliphatic heterocycles. The second kappa shape index (κ2) is 8.77. The van der Waals surface area contributed by atoms with Gasteiger partial charge in [0, 0.05) is 12.6 Å². The summed E-state index contributed by atoms with van der Waals surface area (Å²) in [4.78, 5) is 35.5. The van der Waals surface area contributed by atoms with E-state index in [4.69, 9.17) is 4.74 Å². The van der Waals surface area contributed by atoms with Gasteiger partial charge in [-0.2, -0.15) is 5.10 Å². The predicted octanol–water partition coefficient (Wildman–Crippen LogP) is 1.69. The van der Waals surface area contributed by atoms with Crippen LogP contribution < -0.4 is 10.9 Å². The average Bonchev–Trinajstić information content (AvgIpc) is 2.62. The molecule has 7 nitrogen and oxygen atoms in total. The van der Waals surface area contributed by atoms with Gasteiger partial charge in [0.05, 0.1) is 6.04 Å². The molecule has 1 N–H and O–H groups in total. The second-order valence-electron chi connectivity index (χ2n) is 5.56. The molecule has 0 aliphatic rings. The highest BCUT2D eigenvalue weighted by molar-refractivity contribution is 5.89. The number of aromatic nitrogens is 2. The number of aryl methyl sites for hydroxylation is 1. The number of amides is 1. The Morgan fingerprint density at radius 1 is 1.20 bits per heavy atom. The van der Waals surface area contributed by atoms with E-state index in [0.29, 0.717) is 13.0 Å². The summed E-state index contributed by atoms with van der Waals surface area (Å²) < 4.78 is 6.17. The van der Waals surface area contributed by atoms with E-state index in [0.717, 1.165) is 5.56 Å². The molecule has 1 amide bonds. The number of carbonyl (C=O) groups is 2. The summed E-state index contributed by atoms with van der Waals surface area (Å²) in [5.74, 6) is -1.15. The Morgan fingerprint density at radius 3 is 2.60 bits per heavy atom. The molecule has 2 rings (SSSR count). The number of benzene rings is 1. The maximum atomic E-state index is 12.0. The van der Waals surface area contributed by atoms with Crippen LogP contribution in [0.2, 0.25) is 0 Å². The van der Waals surface area contributed by atoms with Crippen molar-refractivity contribution < 1.29 is 14.3 Å². The molecule has 1 heterocycles. The molecule has 1 aromatic heterocycles. The van der Waals surface area contributed by atoms with Crippen LogP contribution in [0, 0.1) is 0 Å². The van der Waals surface area contributed by atoms with Gasteiger partial charge in [-0.25, -0.2) is 9.48 Å². The zero-order valence-corrected chi connectivity index (χ0v) is 14.3. The van der Waals surface area contributed by atoms with Crippen molar-refractivity contribution in [1.29, 1.82) is 0 Å². The van der Waals surface area contributed by atoms with Gasteiger partial charge in [0.15, 0.2) is 12.3 Å². The van der Waals surface area contributed by atoms with Gasteiger partial charge in [-0.15, -0.1) is 0 Å². The van der Waals surface area contributed by atoms with Gasteiger partial charge >= 0.3 is 5.97 Å². The van der Waals surface area contributed by atoms with Crippen LogP contribution in [-0.2, 0) is 16.1 Å². The van der Waals surface area contributed by atoms with Gasteiger partial charge < -0.3 is 10.1 Å². The van der Waals surface area contributed by atoms with Crippen molar-refractivity contribution in [2.45, 2.75) is 32.9 Å². The third-order valence-corrected chi connectivity index (χ3v) is 3.52. The summed E-state index contributed by atoms with van der Waals surface area (Å²) in [5.41, 5.74) is 0.667. The van der Waals surface area contributed by atoms with Gasteiger partial charge in [0.1, 0.15) is 0 Å². The zero-order valence-electron chi connectivity index (χ0n) is 14.3. The Balaban J connectivity index is 1.90. The highest BCUT2D eigenvalue weighted by Crippen LogP contribution is 2.10. The first kappa shape index (κ1) is 18.4. The molecule has 2 aromatic rings. The van der Waals surface area contributed by atoms with E-state index in [1.807, 2.05) is 44.2 Å². The van der Waals surface area contributed by atoms with Crippen LogP contribution in [0.4, 0.5) is 0 Å². The van der Waals surface area contributed by atoms with Crippen molar-refractivity contribution in [1.82, 2.24) is 15.1 Å². The largest absolute Gasteiger partial charge is 0.451 e. The lowest BCUT2D eigenvalue weighted by Crippen LogP contribution is -2.31. The molecule has 132 valence electrons. The molecule has 0 radical (unpaired) electrons. The van der Waals surface area contributed by atoms with Crippen molar-refractivity contribution in [2.24, 2.45) is 0 Å². The fraction of sp³-hybridized carbons (Fsp3) is 0.333. The maximum Gasteiger partial charge on any atom is 0.359 e. The topological polar surface area (TPSA) is 90.3 Å². The van der Waals surface area contributed by atoms with Gasteiger partial charge in [-0.1, -0.05) is 37.3 Å². The highest BCUT2D eigenvalue weighted by atomic mass is 16.5. The van der Waals surface area contributed by atoms with Crippen LogP contribution in [0.15, 0.2) is 47.3 Å². The Labute approximate surface area is 145 Å². The predicted molar refractivity (Wildman–Crippen MR) is 92.1 cm³/mol.